The molecule has 1 atom stereocenters. The highest BCUT2D eigenvalue weighted by atomic mass is 16.5. The molecule has 2 rings (SSSR count). The molecular weight excluding hydrogens is 270 g/mol. The van der Waals surface area contributed by atoms with Crippen molar-refractivity contribution in [1.29, 1.82) is 0 Å². The summed E-state index contributed by atoms with van der Waals surface area (Å²) in [6.45, 7) is 3.35. The van der Waals surface area contributed by atoms with Crippen molar-refractivity contribution in [3.8, 4) is 5.75 Å². The van der Waals surface area contributed by atoms with Crippen LogP contribution in [-0.2, 0) is 9.53 Å². The number of carbonyl (C=O) groups is 1. The number of hydrogen-bond donors (Lipinski definition) is 2. The number of amides is 1. The maximum absolute atomic E-state index is 11.8. The standard InChI is InChI=1S/C15H23N3O3/c1-18-7-9-20-12(11-18)10-17-15(19)6-8-21-14-5-3-2-4-13(14)16/h2-5,12H,6-11,16H2,1H3,(H,17,19). The number of benzene rings is 1. The number of likely N-dealkylation sites (N-methyl/N-ethyl adjacent to an activating group) is 1. The number of rotatable bonds is 6. The number of nitrogen functional groups attached to an aromatic ring is 1. The normalized spacial score (nSPS) is 19.2. The van der Waals surface area contributed by atoms with Crippen LogP contribution in [0.3, 0.4) is 0 Å². The monoisotopic (exact) mass is 293 g/mol. The molecule has 1 fully saturated rings. The van der Waals surface area contributed by atoms with Gasteiger partial charge in [0.05, 0.1) is 31.4 Å². The van der Waals surface area contributed by atoms with Crippen LogP contribution >= 0.6 is 0 Å². The van der Waals surface area contributed by atoms with Crippen LogP contribution in [0.4, 0.5) is 5.69 Å². The van der Waals surface area contributed by atoms with Gasteiger partial charge in [0.1, 0.15) is 5.75 Å². The number of nitrogens with one attached hydrogen (secondary N) is 1. The van der Waals surface area contributed by atoms with Crippen LogP contribution < -0.4 is 15.8 Å². The van der Waals surface area contributed by atoms with Gasteiger partial charge in [-0.1, -0.05) is 12.1 Å². The molecule has 1 saturated heterocycles. The first-order valence-corrected chi connectivity index (χ1v) is 7.19. The van der Waals surface area contributed by atoms with Gasteiger partial charge in [0.25, 0.3) is 0 Å². The van der Waals surface area contributed by atoms with Crippen molar-refractivity contribution in [2.45, 2.75) is 12.5 Å². The molecule has 6 heteroatoms. The zero-order valence-corrected chi connectivity index (χ0v) is 12.4. The molecule has 0 aromatic heterocycles. The van der Waals surface area contributed by atoms with Gasteiger partial charge in [-0.15, -0.1) is 0 Å². The average Bonchev–Trinajstić information content (AvgIpc) is 2.47. The number of anilines is 1. The van der Waals surface area contributed by atoms with Crippen LogP contribution in [0, 0.1) is 0 Å². The first-order valence-electron chi connectivity index (χ1n) is 7.19. The molecule has 1 unspecified atom stereocenters. The highest BCUT2D eigenvalue weighted by molar-refractivity contribution is 5.76. The summed E-state index contributed by atoms with van der Waals surface area (Å²) in [6.07, 6.45) is 0.370. The second-order valence-corrected chi connectivity index (χ2v) is 5.20. The van der Waals surface area contributed by atoms with Gasteiger partial charge in [-0.25, -0.2) is 0 Å². The molecule has 116 valence electrons. The third kappa shape index (κ3) is 5.24. The SMILES string of the molecule is CN1CCOC(CNC(=O)CCOc2ccccc2N)C1. The van der Waals surface area contributed by atoms with Gasteiger partial charge in [-0.05, 0) is 19.2 Å². The van der Waals surface area contributed by atoms with Gasteiger partial charge in [-0.2, -0.15) is 0 Å². The van der Waals surface area contributed by atoms with E-state index in [2.05, 4.69) is 17.3 Å². The fraction of sp³-hybridized carbons (Fsp3) is 0.533. The van der Waals surface area contributed by atoms with E-state index in [9.17, 15) is 4.79 Å². The Kier molecular flexibility index (Phi) is 5.83. The van der Waals surface area contributed by atoms with E-state index in [-0.39, 0.29) is 12.0 Å². The zero-order valence-electron chi connectivity index (χ0n) is 12.4. The van der Waals surface area contributed by atoms with Crippen molar-refractivity contribution in [2.24, 2.45) is 0 Å². The minimum absolute atomic E-state index is 0.0404. The predicted molar refractivity (Wildman–Crippen MR) is 81.2 cm³/mol. The Morgan fingerprint density at radius 2 is 2.33 bits per heavy atom. The zero-order chi connectivity index (χ0) is 15.1. The van der Waals surface area contributed by atoms with Crippen molar-refractivity contribution in [2.75, 3.05) is 45.6 Å². The van der Waals surface area contributed by atoms with Gasteiger partial charge in [0, 0.05) is 19.6 Å². The van der Waals surface area contributed by atoms with E-state index < -0.39 is 0 Å². The van der Waals surface area contributed by atoms with Crippen molar-refractivity contribution in [3.63, 3.8) is 0 Å². The minimum atomic E-state index is -0.0404. The van der Waals surface area contributed by atoms with Gasteiger partial charge >= 0.3 is 0 Å². The average molecular weight is 293 g/mol. The van der Waals surface area contributed by atoms with Crippen molar-refractivity contribution in [3.05, 3.63) is 24.3 Å². The summed E-state index contributed by atoms with van der Waals surface area (Å²) in [5, 5.41) is 2.87. The topological polar surface area (TPSA) is 76.8 Å². The summed E-state index contributed by atoms with van der Waals surface area (Å²) in [4.78, 5) is 13.9. The second kappa shape index (κ2) is 7.85. The smallest absolute Gasteiger partial charge is 0.223 e. The number of nitrogens with two attached hydrogens (primary N) is 1. The highest BCUT2D eigenvalue weighted by Gasteiger charge is 2.18. The summed E-state index contributed by atoms with van der Waals surface area (Å²) in [5.41, 5.74) is 6.34. The third-order valence-electron chi connectivity index (χ3n) is 3.37. The Balaban J connectivity index is 1.62. The molecule has 1 aromatic carbocycles. The largest absolute Gasteiger partial charge is 0.491 e. The number of ether oxygens (including phenoxy) is 2. The molecule has 0 radical (unpaired) electrons. The number of para-hydroxylation sites is 2. The molecule has 0 saturated carbocycles. The van der Waals surface area contributed by atoms with E-state index in [4.69, 9.17) is 15.2 Å². The molecule has 3 N–H and O–H groups in total. The summed E-state index contributed by atoms with van der Waals surface area (Å²) in [5.74, 6) is 0.573. The molecule has 0 spiro atoms. The number of carbonyl (C=O) groups excluding carboxylic acids is 1. The molecule has 1 aliphatic heterocycles. The lowest BCUT2D eigenvalue weighted by atomic mass is 10.2. The molecule has 21 heavy (non-hydrogen) atoms. The lowest BCUT2D eigenvalue weighted by Gasteiger charge is -2.30. The Labute approximate surface area is 125 Å². The van der Waals surface area contributed by atoms with Crippen LogP contribution in [-0.4, -0.2) is 56.8 Å². The highest BCUT2D eigenvalue weighted by Crippen LogP contribution is 2.19. The van der Waals surface area contributed by atoms with Gasteiger partial charge in [0.15, 0.2) is 0 Å². The van der Waals surface area contributed by atoms with Crippen molar-refractivity contribution < 1.29 is 14.3 Å². The van der Waals surface area contributed by atoms with Crippen LogP contribution in [0.1, 0.15) is 6.42 Å². The summed E-state index contributed by atoms with van der Waals surface area (Å²) >= 11 is 0. The summed E-state index contributed by atoms with van der Waals surface area (Å²) in [7, 11) is 2.05. The Bertz CT molecular complexity index is 467. The molecule has 0 bridgehead atoms. The molecule has 1 amide bonds. The van der Waals surface area contributed by atoms with Gasteiger partial charge in [0.2, 0.25) is 5.91 Å². The molecule has 1 aromatic rings. The summed E-state index contributed by atoms with van der Waals surface area (Å²) < 4.78 is 11.1. The van der Waals surface area contributed by atoms with E-state index in [0.29, 0.717) is 37.6 Å². The molecule has 1 heterocycles. The van der Waals surface area contributed by atoms with E-state index >= 15 is 0 Å². The number of morpholine rings is 1. The maximum atomic E-state index is 11.8. The van der Waals surface area contributed by atoms with Crippen molar-refractivity contribution >= 4 is 11.6 Å². The lowest BCUT2D eigenvalue weighted by Crippen LogP contribution is -2.46. The van der Waals surface area contributed by atoms with E-state index in [1.54, 1.807) is 12.1 Å². The Morgan fingerprint density at radius 1 is 1.52 bits per heavy atom. The van der Waals surface area contributed by atoms with Crippen LogP contribution in [0.15, 0.2) is 24.3 Å². The van der Waals surface area contributed by atoms with E-state index in [1.807, 2.05) is 12.1 Å². The fourth-order valence-corrected chi connectivity index (χ4v) is 2.17. The first kappa shape index (κ1) is 15.6. The lowest BCUT2D eigenvalue weighted by molar-refractivity contribution is -0.122. The van der Waals surface area contributed by atoms with E-state index in [1.165, 1.54) is 0 Å². The maximum Gasteiger partial charge on any atom is 0.223 e. The van der Waals surface area contributed by atoms with Crippen LogP contribution in [0.5, 0.6) is 5.75 Å². The molecular formula is C15H23N3O3. The number of nitrogens with zero attached hydrogens (tertiary/aromatic N) is 1. The third-order valence-corrected chi connectivity index (χ3v) is 3.37. The summed E-state index contributed by atoms with van der Waals surface area (Å²) in [6, 6.07) is 7.25. The van der Waals surface area contributed by atoms with Gasteiger partial charge < -0.3 is 25.4 Å². The predicted octanol–water partition coefficient (Wildman–Crippen LogP) is 0.485. The fourth-order valence-electron chi connectivity index (χ4n) is 2.17. The Morgan fingerprint density at radius 3 is 3.10 bits per heavy atom. The quantitative estimate of drug-likeness (QED) is 0.746. The molecule has 0 aliphatic carbocycles. The minimum Gasteiger partial charge on any atom is -0.491 e. The van der Waals surface area contributed by atoms with Gasteiger partial charge in [-0.3, -0.25) is 4.79 Å². The molecule has 1 aliphatic rings. The van der Waals surface area contributed by atoms with Crippen molar-refractivity contribution in [1.82, 2.24) is 10.2 Å². The first-order chi connectivity index (χ1) is 10.1. The molecule has 6 nitrogen and oxygen atoms in total. The van der Waals surface area contributed by atoms with E-state index in [0.717, 1.165) is 13.1 Å². The van der Waals surface area contributed by atoms with Crippen LogP contribution in [0.2, 0.25) is 0 Å². The Hall–Kier alpha value is -1.79. The van der Waals surface area contributed by atoms with Crippen LogP contribution in [0.25, 0.3) is 0 Å². The number of hydrogen-bond acceptors (Lipinski definition) is 5. The second-order valence-electron chi connectivity index (χ2n) is 5.20.